The van der Waals surface area contributed by atoms with Crippen LogP contribution in [0.5, 0.6) is 11.5 Å². The third kappa shape index (κ3) is 1.48. The molecule has 3 aliphatic rings. The van der Waals surface area contributed by atoms with Crippen LogP contribution >= 0.6 is 0 Å². The number of hydrogen-bond donors (Lipinski definition) is 5. The largest absolute Gasteiger partial charge is 0.507 e. The first-order chi connectivity index (χ1) is 11.6. The molecule has 0 radical (unpaired) electrons. The first kappa shape index (κ1) is 16.4. The third-order valence-corrected chi connectivity index (χ3v) is 5.56. The van der Waals surface area contributed by atoms with Crippen LogP contribution in [0.25, 0.3) is 0 Å². The van der Waals surface area contributed by atoms with Gasteiger partial charge >= 0.3 is 0 Å². The number of rotatable bonds is 1. The topological polar surface area (TPSA) is 157 Å². The molecular formula is C16H16O9. The summed E-state index contributed by atoms with van der Waals surface area (Å²) in [5.74, 6) is -2.31. The summed E-state index contributed by atoms with van der Waals surface area (Å²) in [5.41, 5.74) is -7.44. The molecule has 134 valence electrons. The van der Waals surface area contributed by atoms with E-state index in [1.807, 2.05) is 0 Å². The number of methoxy groups -OCH3 is 1. The average molecular weight is 352 g/mol. The number of ketones is 2. The average Bonchev–Trinajstić information content (AvgIpc) is 3.29. The van der Waals surface area contributed by atoms with E-state index < -0.39 is 52.4 Å². The lowest BCUT2D eigenvalue weighted by Gasteiger charge is -2.46. The van der Waals surface area contributed by atoms with E-state index in [0.29, 0.717) is 0 Å². The van der Waals surface area contributed by atoms with Gasteiger partial charge in [0, 0.05) is 11.6 Å². The Morgan fingerprint density at radius 1 is 1.08 bits per heavy atom. The Labute approximate surface area is 141 Å². The Morgan fingerprint density at radius 2 is 1.72 bits per heavy atom. The summed E-state index contributed by atoms with van der Waals surface area (Å²) in [6.07, 6.45) is -5.90. The molecule has 0 aromatic heterocycles. The first-order valence-electron chi connectivity index (χ1n) is 7.54. The first-order valence-corrected chi connectivity index (χ1v) is 7.54. The second kappa shape index (κ2) is 4.37. The van der Waals surface area contributed by atoms with E-state index in [1.165, 1.54) is 13.2 Å². The van der Waals surface area contributed by atoms with Crippen molar-refractivity contribution in [1.29, 1.82) is 0 Å². The van der Waals surface area contributed by atoms with Gasteiger partial charge in [-0.3, -0.25) is 9.59 Å². The summed E-state index contributed by atoms with van der Waals surface area (Å²) in [6.45, 7) is 1.03. The molecule has 1 heterocycles. The van der Waals surface area contributed by atoms with Gasteiger partial charge in [0.15, 0.2) is 11.2 Å². The summed E-state index contributed by atoms with van der Waals surface area (Å²) >= 11 is 0. The fraction of sp³-hybridized carbons (Fsp3) is 0.500. The molecule has 4 rings (SSSR count). The summed E-state index contributed by atoms with van der Waals surface area (Å²) in [7, 11) is 1.30. The van der Waals surface area contributed by atoms with Crippen LogP contribution in [0.3, 0.4) is 0 Å². The van der Waals surface area contributed by atoms with Gasteiger partial charge in [0.25, 0.3) is 0 Å². The summed E-state index contributed by atoms with van der Waals surface area (Å²) in [5, 5.41) is 51.5. The minimum absolute atomic E-state index is 0.0968. The maximum absolute atomic E-state index is 13.0. The molecule has 1 saturated carbocycles. The Kier molecular flexibility index (Phi) is 2.88. The van der Waals surface area contributed by atoms with Gasteiger partial charge in [-0.05, 0) is 13.0 Å². The maximum Gasteiger partial charge on any atom is 0.205 e. The highest BCUT2D eigenvalue weighted by Gasteiger charge is 2.92. The van der Waals surface area contributed by atoms with Gasteiger partial charge in [0.1, 0.15) is 35.4 Å². The van der Waals surface area contributed by atoms with Gasteiger partial charge in [-0.1, -0.05) is 0 Å². The molecule has 9 nitrogen and oxygen atoms in total. The van der Waals surface area contributed by atoms with Crippen LogP contribution in [-0.4, -0.2) is 79.3 Å². The minimum atomic E-state index is -2.30. The molecule has 1 aromatic rings. The van der Waals surface area contributed by atoms with Gasteiger partial charge in [-0.2, -0.15) is 0 Å². The molecule has 2 aliphatic carbocycles. The van der Waals surface area contributed by atoms with E-state index in [4.69, 9.17) is 9.47 Å². The Balaban J connectivity index is 2.00. The number of ether oxygens (including phenoxy) is 2. The van der Waals surface area contributed by atoms with Crippen molar-refractivity contribution in [2.75, 3.05) is 7.11 Å². The smallest absolute Gasteiger partial charge is 0.205 e. The number of benzene rings is 1. The molecule has 2 fully saturated rings. The number of carbonyl (C=O) groups is 2. The molecule has 25 heavy (non-hydrogen) atoms. The normalized spacial score (nSPS) is 44.6. The molecule has 6 atom stereocenters. The van der Waals surface area contributed by atoms with E-state index >= 15 is 0 Å². The zero-order chi connectivity index (χ0) is 18.5. The number of aromatic hydroxyl groups is 1. The molecule has 1 saturated heterocycles. The highest BCUT2D eigenvalue weighted by Crippen LogP contribution is 2.65. The fourth-order valence-corrected chi connectivity index (χ4v) is 4.09. The Morgan fingerprint density at radius 3 is 2.32 bits per heavy atom. The number of aliphatic hydroxyl groups excluding tert-OH is 3. The number of Topliss-reactive ketones (excluding diaryl/α,β-unsaturated/α-hetero) is 2. The molecule has 0 bridgehead atoms. The quantitative estimate of drug-likeness (QED) is 0.365. The van der Waals surface area contributed by atoms with E-state index in [2.05, 4.69) is 0 Å². The van der Waals surface area contributed by atoms with Crippen molar-refractivity contribution in [2.45, 2.75) is 42.0 Å². The third-order valence-electron chi connectivity index (χ3n) is 5.56. The minimum Gasteiger partial charge on any atom is -0.507 e. The molecule has 0 spiro atoms. The molecule has 1 aromatic carbocycles. The van der Waals surface area contributed by atoms with Gasteiger partial charge in [-0.15, -0.1) is 0 Å². The van der Waals surface area contributed by atoms with Crippen molar-refractivity contribution in [1.82, 2.24) is 0 Å². The van der Waals surface area contributed by atoms with Crippen LogP contribution in [0.2, 0.25) is 0 Å². The predicted molar refractivity (Wildman–Crippen MR) is 78.5 cm³/mol. The second-order valence-electron chi connectivity index (χ2n) is 6.82. The lowest BCUT2D eigenvalue weighted by atomic mass is 9.59. The maximum atomic E-state index is 13.0. The summed E-state index contributed by atoms with van der Waals surface area (Å²) < 4.78 is 10.3. The van der Waals surface area contributed by atoms with Crippen molar-refractivity contribution in [3.63, 3.8) is 0 Å². The molecule has 6 unspecified atom stereocenters. The Hall–Kier alpha value is -2.04. The van der Waals surface area contributed by atoms with Gasteiger partial charge in [0.05, 0.1) is 12.7 Å². The standard InChI is InChI=1S/C16H16O9/c1-14(23)11(20)12(21)15-10(19)8-6(3-5(24-2)4-7(8)17)9(18)16(15,25-15)13(14)22/h3-4,11-13,17,20-23H,1-2H3. The van der Waals surface area contributed by atoms with Crippen LogP contribution in [0.15, 0.2) is 12.1 Å². The van der Waals surface area contributed by atoms with Crippen LogP contribution < -0.4 is 4.74 Å². The summed E-state index contributed by atoms with van der Waals surface area (Å²) in [6, 6.07) is 2.32. The zero-order valence-electron chi connectivity index (χ0n) is 13.3. The molecular weight excluding hydrogens is 336 g/mol. The van der Waals surface area contributed by atoms with Crippen molar-refractivity contribution >= 4 is 11.6 Å². The predicted octanol–water partition coefficient (Wildman–Crippen LogP) is -1.87. The summed E-state index contributed by atoms with van der Waals surface area (Å²) in [4.78, 5) is 26.0. The molecule has 1 aliphatic heterocycles. The fourth-order valence-electron chi connectivity index (χ4n) is 4.09. The SMILES string of the molecule is COc1cc(O)c2c(c1)C(=O)C13OC1(C2=O)C(O)C(O)C(C)(O)C3O. The number of fused-ring (bicyclic) bond motifs is 1. The van der Waals surface area contributed by atoms with Gasteiger partial charge in [0.2, 0.25) is 11.6 Å². The van der Waals surface area contributed by atoms with Crippen LogP contribution in [-0.2, 0) is 4.74 Å². The lowest BCUT2D eigenvalue weighted by Crippen LogP contribution is -2.73. The number of aliphatic hydroxyl groups is 4. The van der Waals surface area contributed by atoms with Crippen molar-refractivity contribution < 1.29 is 44.6 Å². The van der Waals surface area contributed by atoms with Gasteiger partial charge in [-0.25, -0.2) is 0 Å². The van der Waals surface area contributed by atoms with E-state index in [-0.39, 0.29) is 16.9 Å². The van der Waals surface area contributed by atoms with E-state index in [1.54, 1.807) is 0 Å². The van der Waals surface area contributed by atoms with Crippen LogP contribution in [0, 0.1) is 0 Å². The van der Waals surface area contributed by atoms with E-state index in [9.17, 15) is 35.1 Å². The Bertz CT molecular complexity index is 831. The highest BCUT2D eigenvalue weighted by molar-refractivity contribution is 6.27. The second-order valence-corrected chi connectivity index (χ2v) is 6.82. The molecule has 5 N–H and O–H groups in total. The van der Waals surface area contributed by atoms with Crippen LogP contribution in [0.1, 0.15) is 27.6 Å². The van der Waals surface area contributed by atoms with Crippen molar-refractivity contribution in [3.8, 4) is 11.5 Å². The number of carbonyl (C=O) groups excluding carboxylic acids is 2. The number of hydrogen-bond acceptors (Lipinski definition) is 9. The van der Waals surface area contributed by atoms with Crippen molar-refractivity contribution in [2.24, 2.45) is 0 Å². The van der Waals surface area contributed by atoms with Crippen molar-refractivity contribution in [3.05, 3.63) is 23.3 Å². The lowest BCUT2D eigenvalue weighted by molar-refractivity contribution is -0.195. The van der Waals surface area contributed by atoms with Gasteiger partial charge < -0.3 is 35.0 Å². The highest BCUT2D eigenvalue weighted by atomic mass is 16.7. The molecule has 9 heteroatoms. The zero-order valence-corrected chi connectivity index (χ0v) is 13.3. The van der Waals surface area contributed by atoms with Crippen LogP contribution in [0.4, 0.5) is 0 Å². The monoisotopic (exact) mass is 352 g/mol. The number of phenols is 1. The number of phenolic OH excluding ortho intramolecular Hbond substituents is 1. The molecule has 0 amide bonds. The van der Waals surface area contributed by atoms with E-state index in [0.717, 1.165) is 13.0 Å². The number of epoxide rings is 1.